The van der Waals surface area contributed by atoms with Crippen LogP contribution in [0.25, 0.3) is 0 Å². The molecule has 0 aromatic carbocycles. The number of nitrogens with one attached hydrogen (secondary N) is 2. The summed E-state index contributed by atoms with van der Waals surface area (Å²) in [4.78, 5) is 66.4. The van der Waals surface area contributed by atoms with Gasteiger partial charge in [0.2, 0.25) is 17.6 Å². The lowest BCUT2D eigenvalue weighted by atomic mass is 9.83. The molecule has 0 bridgehead atoms. The molecule has 5 aliphatic rings. The van der Waals surface area contributed by atoms with E-state index in [1.54, 1.807) is 4.90 Å². The lowest BCUT2D eigenvalue weighted by molar-refractivity contribution is -0.144. The summed E-state index contributed by atoms with van der Waals surface area (Å²) in [6.45, 7) is 6.48. The molecule has 0 aromatic rings. The van der Waals surface area contributed by atoms with Crippen LogP contribution in [-0.4, -0.2) is 64.8 Å². The predicted octanol–water partition coefficient (Wildman–Crippen LogP) is 2.04. The summed E-state index contributed by atoms with van der Waals surface area (Å²) in [5, 5.41) is 5.67. The van der Waals surface area contributed by atoms with Gasteiger partial charge < -0.3 is 26.0 Å². The van der Waals surface area contributed by atoms with Gasteiger partial charge in [-0.25, -0.2) is 4.79 Å². The molecule has 1 saturated heterocycles. The first kappa shape index (κ1) is 26.9. The van der Waals surface area contributed by atoms with Crippen LogP contribution in [0.5, 0.6) is 0 Å². The Morgan fingerprint density at radius 2 is 1.63 bits per heavy atom. The zero-order valence-corrected chi connectivity index (χ0v) is 22.8. The van der Waals surface area contributed by atoms with Crippen LogP contribution in [0.3, 0.4) is 0 Å². The number of alkyl carbamates (subject to hydrolysis) is 1. The third-order valence-electron chi connectivity index (χ3n) is 9.86. The third-order valence-corrected chi connectivity index (χ3v) is 9.86. The standard InChI is InChI=1S/C28H42N4O6/c1-27(2)17-14-32(21(19(17)27)24(35)30-18(13-15-9-10-15)22(33)23(29)34)25(36)20(16-7-5-4-6-8-16)31-26(37)38-28(3)11-12-28/h15-21H,4-14H2,1-3H3,(H2,29,34)(H,30,35)(H,31,37). The number of Topliss-reactive ketones (excluding diaryl/α,β-unsaturated/α-hetero) is 1. The van der Waals surface area contributed by atoms with Gasteiger partial charge in [-0.1, -0.05) is 46.0 Å². The first-order chi connectivity index (χ1) is 17.9. The summed E-state index contributed by atoms with van der Waals surface area (Å²) in [5.74, 6) is -2.20. The molecule has 1 aliphatic heterocycles. The highest BCUT2D eigenvalue weighted by Gasteiger charge is 2.69. The van der Waals surface area contributed by atoms with Crippen LogP contribution in [0.2, 0.25) is 0 Å². The molecule has 0 spiro atoms. The number of nitrogens with two attached hydrogens (primary N) is 1. The van der Waals surface area contributed by atoms with Gasteiger partial charge in [0, 0.05) is 6.54 Å². The van der Waals surface area contributed by atoms with Crippen molar-refractivity contribution in [1.82, 2.24) is 15.5 Å². The second kappa shape index (κ2) is 9.83. The number of carbonyl (C=O) groups is 5. The van der Waals surface area contributed by atoms with Gasteiger partial charge in [-0.2, -0.15) is 0 Å². The van der Waals surface area contributed by atoms with E-state index in [4.69, 9.17) is 10.5 Å². The third kappa shape index (κ3) is 5.41. The monoisotopic (exact) mass is 530 g/mol. The lowest BCUT2D eigenvalue weighted by Crippen LogP contribution is -2.59. The summed E-state index contributed by atoms with van der Waals surface area (Å²) in [6, 6.07) is -2.52. The molecular weight excluding hydrogens is 488 g/mol. The minimum absolute atomic E-state index is 0.0245. The zero-order chi connectivity index (χ0) is 27.4. The fraction of sp³-hybridized carbons (Fsp3) is 0.821. The van der Waals surface area contributed by atoms with E-state index < -0.39 is 47.4 Å². The van der Waals surface area contributed by atoms with E-state index in [1.165, 1.54) is 0 Å². The number of carbonyl (C=O) groups excluding carboxylic acids is 5. The molecule has 4 N–H and O–H groups in total. The van der Waals surface area contributed by atoms with E-state index in [0.29, 0.717) is 13.0 Å². The first-order valence-corrected chi connectivity index (χ1v) is 14.4. The number of ether oxygens (including phenoxy) is 1. The lowest BCUT2D eigenvalue weighted by Gasteiger charge is -2.37. The highest BCUT2D eigenvalue weighted by atomic mass is 16.6. The van der Waals surface area contributed by atoms with Crippen molar-refractivity contribution in [1.29, 1.82) is 0 Å². The molecule has 4 aliphatic carbocycles. The second-order valence-corrected chi connectivity index (χ2v) is 13.2. The Kier molecular flexibility index (Phi) is 6.97. The summed E-state index contributed by atoms with van der Waals surface area (Å²) >= 11 is 0. The van der Waals surface area contributed by atoms with Gasteiger partial charge in [0.1, 0.15) is 17.7 Å². The Bertz CT molecular complexity index is 1010. The summed E-state index contributed by atoms with van der Waals surface area (Å²) < 4.78 is 5.58. The van der Waals surface area contributed by atoms with Gasteiger partial charge in [-0.15, -0.1) is 0 Å². The predicted molar refractivity (Wildman–Crippen MR) is 137 cm³/mol. The Morgan fingerprint density at radius 3 is 2.21 bits per heavy atom. The highest BCUT2D eigenvalue weighted by molar-refractivity contribution is 6.37. The summed E-state index contributed by atoms with van der Waals surface area (Å²) in [6.07, 6.45) is 8.04. The molecule has 210 valence electrons. The second-order valence-electron chi connectivity index (χ2n) is 13.2. The Morgan fingerprint density at radius 1 is 0.974 bits per heavy atom. The average molecular weight is 531 g/mol. The van der Waals surface area contributed by atoms with Crippen LogP contribution in [0.15, 0.2) is 0 Å². The highest BCUT2D eigenvalue weighted by Crippen LogP contribution is 2.65. The van der Waals surface area contributed by atoms with Crippen LogP contribution in [-0.2, 0) is 23.9 Å². The molecule has 5 atom stereocenters. The van der Waals surface area contributed by atoms with Crippen molar-refractivity contribution >= 4 is 29.6 Å². The van der Waals surface area contributed by atoms with E-state index in [0.717, 1.165) is 57.8 Å². The summed E-state index contributed by atoms with van der Waals surface area (Å²) in [5.41, 5.74) is 4.69. The first-order valence-electron chi connectivity index (χ1n) is 14.4. The van der Waals surface area contributed by atoms with Gasteiger partial charge in [0.25, 0.3) is 5.91 Å². The SMILES string of the molecule is CC1(OC(=O)NC(C(=O)N2CC3C(C2C(=O)NC(CC2CC2)C(=O)C(N)=O)C3(C)C)C2CCCCC2)CC1. The maximum Gasteiger partial charge on any atom is 0.408 e. The minimum atomic E-state index is -1.07. The van der Waals surface area contributed by atoms with Crippen molar-refractivity contribution < 1.29 is 28.7 Å². The maximum absolute atomic E-state index is 14.1. The number of ketones is 1. The van der Waals surface area contributed by atoms with Gasteiger partial charge in [0.15, 0.2) is 0 Å². The quantitative estimate of drug-likeness (QED) is 0.368. The number of fused-ring (bicyclic) bond motifs is 1. The van der Waals surface area contributed by atoms with E-state index in [1.807, 2.05) is 6.92 Å². The number of amides is 4. The molecule has 38 heavy (non-hydrogen) atoms. The van der Waals surface area contributed by atoms with Crippen molar-refractivity contribution in [3.63, 3.8) is 0 Å². The van der Waals surface area contributed by atoms with E-state index in [2.05, 4.69) is 24.5 Å². The van der Waals surface area contributed by atoms with Crippen LogP contribution >= 0.6 is 0 Å². The molecule has 0 aromatic heterocycles. The van der Waals surface area contributed by atoms with Crippen LogP contribution in [0.1, 0.15) is 85.0 Å². The fourth-order valence-corrected chi connectivity index (χ4v) is 6.85. The molecule has 5 fully saturated rings. The van der Waals surface area contributed by atoms with E-state index in [9.17, 15) is 24.0 Å². The molecule has 4 saturated carbocycles. The zero-order valence-electron chi connectivity index (χ0n) is 22.8. The molecule has 0 radical (unpaired) electrons. The van der Waals surface area contributed by atoms with E-state index >= 15 is 0 Å². The van der Waals surface area contributed by atoms with Gasteiger partial charge in [0.05, 0.1) is 6.04 Å². The smallest absolute Gasteiger partial charge is 0.408 e. The topological polar surface area (TPSA) is 148 Å². The Hall–Kier alpha value is -2.65. The molecule has 10 nitrogen and oxygen atoms in total. The van der Waals surface area contributed by atoms with Crippen LogP contribution in [0, 0.1) is 29.1 Å². The van der Waals surface area contributed by atoms with Gasteiger partial charge in [-0.3, -0.25) is 19.2 Å². The van der Waals surface area contributed by atoms with Gasteiger partial charge >= 0.3 is 6.09 Å². The van der Waals surface area contributed by atoms with Crippen molar-refractivity contribution in [3.8, 4) is 0 Å². The number of primary amides is 1. The molecule has 5 unspecified atom stereocenters. The number of piperidine rings is 1. The molecule has 10 heteroatoms. The van der Waals surface area contributed by atoms with Crippen molar-refractivity contribution in [2.24, 2.45) is 34.8 Å². The molecule has 4 amide bonds. The molecular formula is C28H42N4O6. The maximum atomic E-state index is 14.1. The summed E-state index contributed by atoms with van der Waals surface area (Å²) in [7, 11) is 0. The van der Waals surface area contributed by atoms with E-state index in [-0.39, 0.29) is 35.0 Å². The van der Waals surface area contributed by atoms with Crippen molar-refractivity contribution in [3.05, 3.63) is 0 Å². The van der Waals surface area contributed by atoms with Crippen molar-refractivity contribution in [2.45, 2.75) is 109 Å². The number of hydrogen-bond donors (Lipinski definition) is 3. The fourth-order valence-electron chi connectivity index (χ4n) is 6.85. The number of likely N-dealkylation sites (tertiary alicyclic amines) is 1. The number of rotatable bonds is 10. The van der Waals surface area contributed by atoms with Gasteiger partial charge in [-0.05, 0) is 68.1 Å². The number of hydrogen-bond acceptors (Lipinski definition) is 6. The molecule has 1 heterocycles. The Labute approximate surface area is 224 Å². The number of nitrogens with zero attached hydrogens (tertiary/aromatic N) is 1. The minimum Gasteiger partial charge on any atom is -0.443 e. The van der Waals surface area contributed by atoms with Crippen LogP contribution in [0.4, 0.5) is 4.79 Å². The van der Waals surface area contributed by atoms with Crippen LogP contribution < -0.4 is 16.4 Å². The molecule has 5 rings (SSSR count). The van der Waals surface area contributed by atoms with Crippen molar-refractivity contribution in [2.75, 3.05) is 6.54 Å². The Balaban J connectivity index is 1.35. The normalized spacial score (nSPS) is 30.4. The average Bonchev–Trinajstić information content (AvgIpc) is 3.83. The largest absolute Gasteiger partial charge is 0.443 e.